The molecule has 3 rings (SSSR count). The van der Waals surface area contributed by atoms with Gasteiger partial charge in [0.25, 0.3) is 5.69 Å². The molecule has 0 bridgehead atoms. The Balaban J connectivity index is 1.90. The Hall–Kier alpha value is -3.15. The first-order valence-corrected chi connectivity index (χ1v) is 8.87. The Morgan fingerprint density at radius 2 is 1.89 bits per heavy atom. The van der Waals surface area contributed by atoms with Crippen LogP contribution in [-0.4, -0.2) is 19.7 Å². The molecular weight excluding hydrogens is 386 g/mol. The van der Waals surface area contributed by atoms with Gasteiger partial charge in [0.2, 0.25) is 0 Å². The van der Waals surface area contributed by atoms with Gasteiger partial charge in [-0.05, 0) is 53.7 Å². The zero-order valence-corrected chi connectivity index (χ0v) is 15.6. The Bertz CT molecular complexity index is 1050. The van der Waals surface area contributed by atoms with Crippen LogP contribution in [0.15, 0.2) is 59.8 Å². The lowest BCUT2D eigenvalue weighted by atomic mass is 10.2. The van der Waals surface area contributed by atoms with E-state index in [1.165, 1.54) is 30.0 Å². The normalized spacial score (nSPS) is 11.2. The molecule has 134 valence electrons. The van der Waals surface area contributed by atoms with Gasteiger partial charge < -0.3 is 4.57 Å². The number of halogens is 1. The molecule has 7 nitrogen and oxygen atoms in total. The van der Waals surface area contributed by atoms with Gasteiger partial charge in [-0.1, -0.05) is 11.6 Å². The predicted molar refractivity (Wildman–Crippen MR) is 104 cm³/mol. The largest absolute Gasteiger partial charge is 0.305 e. The fraction of sp³-hybridized carbons (Fsp3) is 0.0556. The van der Waals surface area contributed by atoms with Crippen molar-refractivity contribution in [2.75, 3.05) is 0 Å². The molecule has 1 aromatic heterocycles. The number of aromatic nitrogens is 3. The minimum Gasteiger partial charge on any atom is -0.305 e. The first kappa shape index (κ1) is 18.6. The number of thioether (sulfide) groups is 1. The number of rotatable bonds is 5. The monoisotopic (exact) mass is 397 g/mol. The van der Waals surface area contributed by atoms with E-state index in [0.717, 1.165) is 5.56 Å². The highest BCUT2D eigenvalue weighted by Crippen LogP contribution is 2.35. The van der Waals surface area contributed by atoms with Crippen LogP contribution in [0.25, 0.3) is 16.3 Å². The Morgan fingerprint density at radius 3 is 2.48 bits per heavy atom. The van der Waals surface area contributed by atoms with E-state index in [1.54, 1.807) is 24.3 Å². The maximum absolute atomic E-state index is 10.8. The molecule has 0 saturated heterocycles. The van der Waals surface area contributed by atoms with E-state index in [-0.39, 0.29) is 5.69 Å². The van der Waals surface area contributed by atoms with Crippen LogP contribution in [0.4, 0.5) is 5.69 Å². The standard InChI is InChI=1S/C18H12ClN5O2S/c1-23-17(13-2-6-14(19)7-3-13)21-22-18(23)27-16(10-11-20)12-4-8-15(9-5-12)24(25)26/h2-10H,1H3. The second-order valence-corrected chi connectivity index (χ2v) is 6.86. The highest BCUT2D eigenvalue weighted by atomic mass is 35.5. The van der Waals surface area contributed by atoms with Crippen LogP contribution in [-0.2, 0) is 7.05 Å². The van der Waals surface area contributed by atoms with Crippen molar-refractivity contribution in [3.63, 3.8) is 0 Å². The van der Waals surface area contributed by atoms with Gasteiger partial charge in [0.1, 0.15) is 0 Å². The van der Waals surface area contributed by atoms with E-state index in [0.29, 0.717) is 26.5 Å². The molecule has 0 fully saturated rings. The average molecular weight is 398 g/mol. The molecule has 3 aromatic rings. The molecule has 2 aromatic carbocycles. The van der Waals surface area contributed by atoms with Crippen LogP contribution in [0.3, 0.4) is 0 Å². The third-order valence-electron chi connectivity index (χ3n) is 3.70. The lowest BCUT2D eigenvalue weighted by Gasteiger charge is -2.07. The summed E-state index contributed by atoms with van der Waals surface area (Å²) in [6.07, 6.45) is 1.38. The molecular formula is C18H12ClN5O2S. The molecule has 0 radical (unpaired) electrons. The Labute approximate surface area is 164 Å². The highest BCUT2D eigenvalue weighted by Gasteiger charge is 2.15. The molecule has 0 aliphatic heterocycles. The van der Waals surface area contributed by atoms with E-state index in [9.17, 15) is 10.1 Å². The lowest BCUT2D eigenvalue weighted by molar-refractivity contribution is -0.384. The van der Waals surface area contributed by atoms with Crippen molar-refractivity contribution in [2.45, 2.75) is 5.16 Å². The number of hydrogen-bond acceptors (Lipinski definition) is 6. The zero-order chi connectivity index (χ0) is 19.4. The molecule has 0 N–H and O–H groups in total. The molecule has 1 heterocycles. The number of nitro benzene ring substituents is 1. The number of allylic oxidation sites excluding steroid dienone is 1. The number of nitriles is 1. The van der Waals surface area contributed by atoms with Crippen LogP contribution in [0, 0.1) is 21.4 Å². The lowest BCUT2D eigenvalue weighted by Crippen LogP contribution is -1.95. The molecule has 0 atom stereocenters. The van der Waals surface area contributed by atoms with Gasteiger partial charge in [-0.25, -0.2) is 0 Å². The summed E-state index contributed by atoms with van der Waals surface area (Å²) in [6.45, 7) is 0. The van der Waals surface area contributed by atoms with Crippen molar-refractivity contribution >= 4 is 34.0 Å². The van der Waals surface area contributed by atoms with Crippen molar-refractivity contribution < 1.29 is 4.92 Å². The zero-order valence-electron chi connectivity index (χ0n) is 14.0. The van der Waals surface area contributed by atoms with Crippen molar-refractivity contribution in [1.82, 2.24) is 14.8 Å². The SMILES string of the molecule is Cn1c(SC(=CC#N)c2ccc([N+](=O)[O-])cc2)nnc1-c1ccc(Cl)cc1. The minimum atomic E-state index is -0.467. The van der Waals surface area contributed by atoms with Crippen molar-refractivity contribution in [3.05, 3.63) is 75.3 Å². The maximum atomic E-state index is 10.8. The number of nitrogens with zero attached hydrogens (tertiary/aromatic N) is 5. The summed E-state index contributed by atoms with van der Waals surface area (Å²) in [4.78, 5) is 11.0. The second kappa shape index (κ2) is 8.03. The van der Waals surface area contributed by atoms with Crippen molar-refractivity contribution in [3.8, 4) is 17.5 Å². The first-order chi connectivity index (χ1) is 13.0. The van der Waals surface area contributed by atoms with E-state index < -0.39 is 4.92 Å². The molecule has 0 aliphatic rings. The number of nitro groups is 1. The van der Waals surface area contributed by atoms with Crippen LogP contribution < -0.4 is 0 Å². The third kappa shape index (κ3) is 4.16. The summed E-state index contributed by atoms with van der Waals surface area (Å²) < 4.78 is 1.81. The number of non-ortho nitro benzene ring substituents is 1. The first-order valence-electron chi connectivity index (χ1n) is 7.67. The van der Waals surface area contributed by atoms with Crippen LogP contribution >= 0.6 is 23.4 Å². The average Bonchev–Trinajstić information content (AvgIpc) is 3.02. The van der Waals surface area contributed by atoms with Gasteiger partial charge in [-0.2, -0.15) is 5.26 Å². The minimum absolute atomic E-state index is 0.0104. The van der Waals surface area contributed by atoms with Gasteiger partial charge in [-0.3, -0.25) is 10.1 Å². The molecule has 0 spiro atoms. The smallest absolute Gasteiger partial charge is 0.269 e. The summed E-state index contributed by atoms with van der Waals surface area (Å²) >= 11 is 7.18. The second-order valence-electron chi connectivity index (χ2n) is 5.42. The fourth-order valence-electron chi connectivity index (χ4n) is 2.33. The molecule has 0 saturated carbocycles. The van der Waals surface area contributed by atoms with Gasteiger partial charge in [0.15, 0.2) is 11.0 Å². The Kier molecular flexibility index (Phi) is 5.54. The summed E-state index contributed by atoms with van der Waals surface area (Å²) in [5.41, 5.74) is 1.54. The van der Waals surface area contributed by atoms with E-state index >= 15 is 0 Å². The van der Waals surface area contributed by atoms with Gasteiger partial charge in [0.05, 0.1) is 11.0 Å². The number of hydrogen-bond donors (Lipinski definition) is 0. The summed E-state index contributed by atoms with van der Waals surface area (Å²) in [7, 11) is 1.83. The fourth-order valence-corrected chi connectivity index (χ4v) is 3.32. The summed E-state index contributed by atoms with van der Waals surface area (Å²) in [5, 5.41) is 29.5. The molecule has 0 amide bonds. The van der Waals surface area contributed by atoms with Gasteiger partial charge >= 0.3 is 0 Å². The summed E-state index contributed by atoms with van der Waals surface area (Å²) in [5.74, 6) is 0.661. The van der Waals surface area contributed by atoms with Crippen LogP contribution in [0.2, 0.25) is 5.02 Å². The van der Waals surface area contributed by atoms with Crippen LogP contribution in [0.5, 0.6) is 0 Å². The summed E-state index contributed by atoms with van der Waals surface area (Å²) in [6, 6.07) is 15.3. The predicted octanol–water partition coefficient (Wildman–Crippen LogP) is 4.70. The highest BCUT2D eigenvalue weighted by molar-refractivity contribution is 8.08. The van der Waals surface area contributed by atoms with Crippen molar-refractivity contribution in [1.29, 1.82) is 5.26 Å². The maximum Gasteiger partial charge on any atom is 0.269 e. The third-order valence-corrected chi connectivity index (χ3v) is 5.06. The van der Waals surface area contributed by atoms with Crippen LogP contribution in [0.1, 0.15) is 5.56 Å². The molecule has 0 aliphatic carbocycles. The molecule has 0 unspecified atom stereocenters. The van der Waals surface area contributed by atoms with Gasteiger partial charge in [0, 0.05) is 40.7 Å². The number of benzene rings is 2. The van der Waals surface area contributed by atoms with E-state index in [1.807, 2.05) is 29.8 Å². The quantitative estimate of drug-likeness (QED) is 0.268. The van der Waals surface area contributed by atoms with Crippen molar-refractivity contribution in [2.24, 2.45) is 7.05 Å². The van der Waals surface area contributed by atoms with E-state index in [2.05, 4.69) is 10.2 Å². The van der Waals surface area contributed by atoms with E-state index in [4.69, 9.17) is 16.9 Å². The Morgan fingerprint density at radius 1 is 1.22 bits per heavy atom. The van der Waals surface area contributed by atoms with Gasteiger partial charge in [-0.15, -0.1) is 10.2 Å². The molecule has 9 heteroatoms. The molecule has 27 heavy (non-hydrogen) atoms. The topological polar surface area (TPSA) is 97.6 Å².